The van der Waals surface area contributed by atoms with Crippen LogP contribution in [0.4, 0.5) is 0 Å². The Morgan fingerprint density at radius 2 is 2.00 bits per heavy atom. The number of likely N-dealkylation sites (tertiary alicyclic amines) is 1. The van der Waals surface area contributed by atoms with Crippen LogP contribution in [-0.2, 0) is 17.9 Å². The van der Waals surface area contributed by atoms with Gasteiger partial charge in [-0.05, 0) is 49.4 Å². The van der Waals surface area contributed by atoms with Gasteiger partial charge in [-0.2, -0.15) is 0 Å². The van der Waals surface area contributed by atoms with Gasteiger partial charge in [0.05, 0.1) is 17.6 Å². The Balaban J connectivity index is 1.31. The molecular formula is C24H30N4O2. The summed E-state index contributed by atoms with van der Waals surface area (Å²) in [5.41, 5.74) is 4.28. The number of benzene rings is 2. The summed E-state index contributed by atoms with van der Waals surface area (Å²) in [6.07, 6.45) is 2.15. The maximum absolute atomic E-state index is 12.5. The molecule has 1 amide bonds. The summed E-state index contributed by atoms with van der Waals surface area (Å²) in [4.78, 5) is 22.4. The van der Waals surface area contributed by atoms with E-state index in [9.17, 15) is 4.79 Å². The lowest BCUT2D eigenvalue weighted by atomic mass is 9.99. The van der Waals surface area contributed by atoms with Crippen molar-refractivity contribution in [3.8, 4) is 5.75 Å². The Labute approximate surface area is 177 Å². The van der Waals surface area contributed by atoms with Crippen LogP contribution in [0.25, 0.3) is 11.0 Å². The number of hydrogen-bond donors (Lipinski definition) is 2. The zero-order valence-corrected chi connectivity index (χ0v) is 17.8. The molecule has 2 N–H and O–H groups in total. The van der Waals surface area contributed by atoms with Crippen LogP contribution in [0.5, 0.6) is 5.75 Å². The van der Waals surface area contributed by atoms with E-state index >= 15 is 0 Å². The fourth-order valence-electron chi connectivity index (χ4n) is 3.86. The number of carbonyl (C=O) groups excluding carboxylic acids is 1. The van der Waals surface area contributed by atoms with Gasteiger partial charge in [0.25, 0.3) is 5.91 Å². The number of H-pyrrole nitrogens is 1. The van der Waals surface area contributed by atoms with Crippen LogP contribution >= 0.6 is 0 Å². The SMILES string of the molecule is Cc1ccc2nc(CNCc3ccccc3OCC(=O)N3CCC(C)CC3)[nH]c2c1. The maximum atomic E-state index is 12.5. The number of amides is 1. The monoisotopic (exact) mass is 406 g/mol. The van der Waals surface area contributed by atoms with Crippen molar-refractivity contribution in [3.05, 3.63) is 59.4 Å². The highest BCUT2D eigenvalue weighted by Crippen LogP contribution is 2.20. The van der Waals surface area contributed by atoms with Crippen LogP contribution in [0.3, 0.4) is 0 Å². The summed E-state index contributed by atoms with van der Waals surface area (Å²) >= 11 is 0. The van der Waals surface area contributed by atoms with E-state index in [1.165, 1.54) is 5.56 Å². The molecule has 1 fully saturated rings. The molecule has 4 rings (SSSR count). The second kappa shape index (κ2) is 9.30. The molecule has 0 radical (unpaired) electrons. The number of piperidine rings is 1. The van der Waals surface area contributed by atoms with Gasteiger partial charge >= 0.3 is 0 Å². The Hall–Kier alpha value is -2.86. The van der Waals surface area contributed by atoms with Gasteiger partial charge in [0.1, 0.15) is 11.6 Å². The van der Waals surface area contributed by atoms with Crippen LogP contribution in [0.15, 0.2) is 42.5 Å². The molecule has 6 heteroatoms. The predicted octanol–water partition coefficient (Wildman–Crippen LogP) is 3.80. The molecule has 0 saturated carbocycles. The van der Waals surface area contributed by atoms with Gasteiger partial charge in [0.15, 0.2) is 6.61 Å². The van der Waals surface area contributed by atoms with E-state index in [0.29, 0.717) is 19.0 Å². The average Bonchev–Trinajstić information content (AvgIpc) is 3.15. The Morgan fingerprint density at radius 3 is 2.83 bits per heavy atom. The van der Waals surface area contributed by atoms with E-state index < -0.39 is 0 Å². The number of ether oxygens (including phenoxy) is 1. The number of aromatic nitrogens is 2. The number of aryl methyl sites for hydroxylation is 1. The third-order valence-electron chi connectivity index (χ3n) is 5.75. The molecule has 1 aliphatic rings. The molecule has 0 bridgehead atoms. The van der Waals surface area contributed by atoms with Crippen molar-refractivity contribution in [2.24, 2.45) is 5.92 Å². The van der Waals surface area contributed by atoms with Crippen molar-refractivity contribution >= 4 is 16.9 Å². The normalized spacial score (nSPS) is 14.9. The van der Waals surface area contributed by atoms with Gasteiger partial charge < -0.3 is 19.9 Å². The Kier molecular flexibility index (Phi) is 6.33. The van der Waals surface area contributed by atoms with Gasteiger partial charge in [-0.15, -0.1) is 0 Å². The number of rotatable bonds is 7. The molecule has 6 nitrogen and oxygen atoms in total. The van der Waals surface area contributed by atoms with Crippen molar-refractivity contribution in [1.82, 2.24) is 20.2 Å². The molecule has 1 aliphatic heterocycles. The summed E-state index contributed by atoms with van der Waals surface area (Å²) in [6.45, 7) is 7.36. The maximum Gasteiger partial charge on any atom is 0.260 e. The van der Waals surface area contributed by atoms with Crippen molar-refractivity contribution in [2.45, 2.75) is 39.8 Å². The molecule has 2 heterocycles. The molecule has 2 aromatic carbocycles. The lowest BCUT2D eigenvalue weighted by Gasteiger charge is -2.30. The van der Waals surface area contributed by atoms with Crippen LogP contribution < -0.4 is 10.1 Å². The van der Waals surface area contributed by atoms with Crippen molar-refractivity contribution in [3.63, 3.8) is 0 Å². The highest BCUT2D eigenvalue weighted by atomic mass is 16.5. The first kappa shape index (κ1) is 20.4. The summed E-state index contributed by atoms with van der Waals surface area (Å²) in [6, 6.07) is 14.1. The second-order valence-electron chi connectivity index (χ2n) is 8.27. The molecule has 3 aromatic rings. The number of nitrogens with zero attached hydrogens (tertiary/aromatic N) is 2. The summed E-state index contributed by atoms with van der Waals surface area (Å²) in [5.74, 6) is 2.44. The molecule has 0 atom stereocenters. The first-order valence-electron chi connectivity index (χ1n) is 10.7. The third-order valence-corrected chi connectivity index (χ3v) is 5.75. The summed E-state index contributed by atoms with van der Waals surface area (Å²) in [7, 11) is 0. The van der Waals surface area contributed by atoms with E-state index in [-0.39, 0.29) is 12.5 Å². The van der Waals surface area contributed by atoms with Crippen LogP contribution in [0.2, 0.25) is 0 Å². The quantitative estimate of drug-likeness (QED) is 0.626. The molecule has 0 unspecified atom stereocenters. The Morgan fingerprint density at radius 1 is 1.20 bits per heavy atom. The van der Waals surface area contributed by atoms with E-state index in [4.69, 9.17) is 4.74 Å². The Bertz CT molecular complexity index is 1010. The highest BCUT2D eigenvalue weighted by molar-refractivity contribution is 5.78. The fraction of sp³-hybridized carbons (Fsp3) is 0.417. The number of imidazole rings is 1. The lowest BCUT2D eigenvalue weighted by Crippen LogP contribution is -2.40. The van der Waals surface area contributed by atoms with Crippen molar-refractivity contribution in [1.29, 1.82) is 0 Å². The number of aromatic amines is 1. The fourth-order valence-corrected chi connectivity index (χ4v) is 3.86. The topological polar surface area (TPSA) is 70.2 Å². The van der Waals surface area contributed by atoms with Gasteiger partial charge in [-0.1, -0.05) is 31.2 Å². The van der Waals surface area contributed by atoms with Crippen LogP contribution in [0, 0.1) is 12.8 Å². The standard InChI is InChI=1S/C24H30N4O2/c1-17-9-11-28(12-10-17)24(29)16-30-22-6-4-3-5-19(22)14-25-15-23-26-20-8-7-18(2)13-21(20)27-23/h3-8,13,17,25H,9-12,14-16H2,1-2H3,(H,26,27). The van der Waals surface area contributed by atoms with Crippen LogP contribution in [0.1, 0.15) is 36.7 Å². The molecule has 0 aliphatic carbocycles. The zero-order chi connectivity index (χ0) is 20.9. The summed E-state index contributed by atoms with van der Waals surface area (Å²) in [5, 5.41) is 3.42. The molecule has 30 heavy (non-hydrogen) atoms. The summed E-state index contributed by atoms with van der Waals surface area (Å²) < 4.78 is 5.89. The van der Waals surface area contributed by atoms with E-state index in [2.05, 4.69) is 41.3 Å². The van der Waals surface area contributed by atoms with E-state index in [1.54, 1.807) is 0 Å². The second-order valence-corrected chi connectivity index (χ2v) is 8.27. The van der Waals surface area contributed by atoms with E-state index in [0.717, 1.165) is 54.1 Å². The van der Waals surface area contributed by atoms with Crippen molar-refractivity contribution < 1.29 is 9.53 Å². The predicted molar refractivity (Wildman–Crippen MR) is 118 cm³/mol. The smallest absolute Gasteiger partial charge is 0.260 e. The zero-order valence-electron chi connectivity index (χ0n) is 17.8. The highest BCUT2D eigenvalue weighted by Gasteiger charge is 2.20. The van der Waals surface area contributed by atoms with Crippen LogP contribution in [-0.4, -0.2) is 40.5 Å². The van der Waals surface area contributed by atoms with E-state index in [1.807, 2.05) is 35.2 Å². The van der Waals surface area contributed by atoms with Gasteiger partial charge in [0, 0.05) is 25.2 Å². The largest absolute Gasteiger partial charge is 0.483 e. The number of carbonyl (C=O) groups is 1. The minimum Gasteiger partial charge on any atom is -0.483 e. The molecule has 1 saturated heterocycles. The third kappa shape index (κ3) is 5.00. The number of para-hydroxylation sites is 1. The molecular weight excluding hydrogens is 376 g/mol. The molecule has 1 aromatic heterocycles. The first-order chi connectivity index (χ1) is 14.6. The number of hydrogen-bond acceptors (Lipinski definition) is 4. The van der Waals surface area contributed by atoms with Gasteiger partial charge in [-0.25, -0.2) is 4.98 Å². The number of fused-ring (bicyclic) bond motifs is 1. The minimum absolute atomic E-state index is 0.0715. The number of nitrogens with one attached hydrogen (secondary N) is 2. The molecule has 0 spiro atoms. The van der Waals surface area contributed by atoms with Gasteiger partial charge in [0.2, 0.25) is 0 Å². The first-order valence-corrected chi connectivity index (χ1v) is 10.7. The minimum atomic E-state index is 0.0715. The lowest BCUT2D eigenvalue weighted by molar-refractivity contribution is -0.134. The average molecular weight is 407 g/mol. The molecule has 158 valence electrons. The van der Waals surface area contributed by atoms with Gasteiger partial charge in [-0.3, -0.25) is 4.79 Å². The van der Waals surface area contributed by atoms with Crippen molar-refractivity contribution in [2.75, 3.05) is 19.7 Å².